The zero-order valence-electron chi connectivity index (χ0n) is 13.6. The molecule has 1 aromatic rings. The van der Waals surface area contributed by atoms with Crippen LogP contribution in [0, 0.1) is 6.92 Å². The van der Waals surface area contributed by atoms with Gasteiger partial charge in [-0.25, -0.2) is 0 Å². The highest BCUT2D eigenvalue weighted by molar-refractivity contribution is 5.29. The second-order valence-electron chi connectivity index (χ2n) is 6.73. The SMILES string of the molecule is CCNC(c1cnccc1C)C1(N2CCCC2)CCCC1. The number of pyridine rings is 1. The minimum absolute atomic E-state index is 0.320. The number of likely N-dealkylation sites (N-methyl/N-ethyl adjacent to an activating group) is 1. The summed E-state index contributed by atoms with van der Waals surface area (Å²) < 4.78 is 0. The molecule has 0 bridgehead atoms. The summed E-state index contributed by atoms with van der Waals surface area (Å²) >= 11 is 0. The number of nitrogens with zero attached hydrogens (tertiary/aromatic N) is 2. The van der Waals surface area contributed by atoms with E-state index in [2.05, 4.69) is 41.3 Å². The highest BCUT2D eigenvalue weighted by Gasteiger charge is 2.47. The zero-order chi connectivity index (χ0) is 14.7. The first-order valence-corrected chi connectivity index (χ1v) is 8.67. The van der Waals surface area contributed by atoms with Crippen LogP contribution in [-0.2, 0) is 0 Å². The van der Waals surface area contributed by atoms with Gasteiger partial charge in [-0.3, -0.25) is 9.88 Å². The molecule has 0 aromatic carbocycles. The summed E-state index contributed by atoms with van der Waals surface area (Å²) in [7, 11) is 0. The molecule has 1 atom stereocenters. The van der Waals surface area contributed by atoms with Crippen LogP contribution in [0.3, 0.4) is 0 Å². The Balaban J connectivity index is 1.99. The van der Waals surface area contributed by atoms with Crippen LogP contribution in [0.1, 0.15) is 62.6 Å². The molecule has 1 unspecified atom stereocenters. The van der Waals surface area contributed by atoms with Gasteiger partial charge >= 0.3 is 0 Å². The van der Waals surface area contributed by atoms with Crippen LogP contribution in [0.15, 0.2) is 18.5 Å². The van der Waals surface area contributed by atoms with Gasteiger partial charge in [0, 0.05) is 17.9 Å². The lowest BCUT2D eigenvalue weighted by molar-refractivity contribution is 0.0767. The largest absolute Gasteiger partial charge is 0.309 e. The van der Waals surface area contributed by atoms with E-state index in [0.717, 1.165) is 6.54 Å². The van der Waals surface area contributed by atoms with E-state index in [1.807, 2.05) is 6.20 Å². The predicted octanol–water partition coefficient (Wildman–Crippen LogP) is 3.45. The number of nitrogens with one attached hydrogen (secondary N) is 1. The maximum atomic E-state index is 4.42. The number of aryl methyl sites for hydroxylation is 1. The minimum atomic E-state index is 0.320. The summed E-state index contributed by atoms with van der Waals surface area (Å²) in [4.78, 5) is 7.21. The molecule has 2 heterocycles. The Kier molecular flexibility index (Phi) is 4.60. The van der Waals surface area contributed by atoms with Crippen molar-refractivity contribution in [2.24, 2.45) is 0 Å². The van der Waals surface area contributed by atoms with Crippen molar-refractivity contribution >= 4 is 0 Å². The van der Waals surface area contributed by atoms with Crippen LogP contribution < -0.4 is 5.32 Å². The van der Waals surface area contributed by atoms with E-state index < -0.39 is 0 Å². The molecule has 21 heavy (non-hydrogen) atoms. The molecule has 1 aromatic heterocycles. The summed E-state index contributed by atoms with van der Waals surface area (Å²) in [6.07, 6.45) is 12.2. The van der Waals surface area contributed by atoms with Crippen molar-refractivity contribution in [2.75, 3.05) is 19.6 Å². The predicted molar refractivity (Wildman–Crippen MR) is 87.4 cm³/mol. The maximum Gasteiger partial charge on any atom is 0.0525 e. The summed E-state index contributed by atoms with van der Waals surface area (Å²) in [6.45, 7) is 8.04. The van der Waals surface area contributed by atoms with Crippen molar-refractivity contribution in [1.82, 2.24) is 15.2 Å². The van der Waals surface area contributed by atoms with Gasteiger partial charge in [0.2, 0.25) is 0 Å². The molecule has 1 aliphatic heterocycles. The lowest BCUT2D eigenvalue weighted by Gasteiger charge is -2.46. The van der Waals surface area contributed by atoms with Gasteiger partial charge in [-0.1, -0.05) is 19.8 Å². The average Bonchev–Trinajstić information content (AvgIpc) is 3.17. The molecular weight excluding hydrogens is 258 g/mol. The lowest BCUT2D eigenvalue weighted by Crippen LogP contribution is -2.54. The zero-order valence-corrected chi connectivity index (χ0v) is 13.6. The second-order valence-corrected chi connectivity index (χ2v) is 6.73. The van der Waals surface area contributed by atoms with E-state index in [4.69, 9.17) is 0 Å². The molecule has 0 spiro atoms. The van der Waals surface area contributed by atoms with E-state index in [0.29, 0.717) is 11.6 Å². The Morgan fingerprint density at radius 1 is 1.24 bits per heavy atom. The Labute approximate surface area is 129 Å². The lowest BCUT2D eigenvalue weighted by atomic mass is 9.81. The summed E-state index contributed by atoms with van der Waals surface area (Å²) in [5.74, 6) is 0. The van der Waals surface area contributed by atoms with Gasteiger partial charge in [0.15, 0.2) is 0 Å². The van der Waals surface area contributed by atoms with Crippen molar-refractivity contribution in [3.8, 4) is 0 Å². The summed E-state index contributed by atoms with van der Waals surface area (Å²) in [5.41, 5.74) is 3.11. The van der Waals surface area contributed by atoms with Crippen molar-refractivity contribution in [2.45, 2.75) is 64.0 Å². The first-order valence-electron chi connectivity index (χ1n) is 8.67. The fourth-order valence-corrected chi connectivity index (χ4v) is 4.51. The Bertz CT molecular complexity index is 459. The number of aromatic nitrogens is 1. The molecule has 1 saturated heterocycles. The van der Waals surface area contributed by atoms with Gasteiger partial charge in [0.1, 0.15) is 0 Å². The standard InChI is InChI=1S/C18H29N3/c1-3-20-17(16-14-19-11-8-15(16)2)18(9-4-5-10-18)21-12-6-7-13-21/h8,11,14,17,20H,3-7,9-10,12-13H2,1-2H3. The molecule has 116 valence electrons. The molecule has 0 radical (unpaired) electrons. The first kappa shape index (κ1) is 15.0. The molecule has 3 nitrogen and oxygen atoms in total. The molecule has 3 rings (SSSR count). The number of hydrogen-bond acceptors (Lipinski definition) is 3. The topological polar surface area (TPSA) is 28.2 Å². The van der Waals surface area contributed by atoms with Gasteiger partial charge in [-0.2, -0.15) is 0 Å². The monoisotopic (exact) mass is 287 g/mol. The highest BCUT2D eigenvalue weighted by atomic mass is 15.2. The van der Waals surface area contributed by atoms with Crippen LogP contribution >= 0.6 is 0 Å². The quantitative estimate of drug-likeness (QED) is 0.899. The number of hydrogen-bond donors (Lipinski definition) is 1. The molecule has 3 heteroatoms. The third-order valence-electron chi connectivity index (χ3n) is 5.54. The maximum absolute atomic E-state index is 4.42. The van der Waals surface area contributed by atoms with E-state index >= 15 is 0 Å². The Morgan fingerprint density at radius 2 is 1.95 bits per heavy atom. The normalized spacial score (nSPS) is 23.5. The van der Waals surface area contributed by atoms with Gasteiger partial charge < -0.3 is 5.32 Å². The fourth-order valence-electron chi connectivity index (χ4n) is 4.51. The second kappa shape index (κ2) is 6.45. The van der Waals surface area contributed by atoms with Crippen LogP contribution in [0.25, 0.3) is 0 Å². The molecule has 1 N–H and O–H groups in total. The number of rotatable bonds is 5. The summed E-state index contributed by atoms with van der Waals surface area (Å²) in [6, 6.07) is 2.59. The number of likely N-dealkylation sites (tertiary alicyclic amines) is 1. The molecule has 1 saturated carbocycles. The van der Waals surface area contributed by atoms with E-state index in [-0.39, 0.29) is 0 Å². The van der Waals surface area contributed by atoms with Gasteiger partial charge in [0.05, 0.1) is 6.04 Å². The van der Waals surface area contributed by atoms with Crippen LogP contribution in [-0.4, -0.2) is 35.1 Å². The van der Waals surface area contributed by atoms with Crippen LogP contribution in [0.4, 0.5) is 0 Å². The van der Waals surface area contributed by atoms with E-state index in [1.54, 1.807) is 0 Å². The van der Waals surface area contributed by atoms with Crippen LogP contribution in [0.5, 0.6) is 0 Å². The highest BCUT2D eigenvalue weighted by Crippen LogP contribution is 2.46. The van der Waals surface area contributed by atoms with Crippen LogP contribution in [0.2, 0.25) is 0 Å². The molecule has 2 aliphatic rings. The van der Waals surface area contributed by atoms with Gasteiger partial charge in [0.25, 0.3) is 0 Å². The molecule has 0 amide bonds. The molecule has 2 fully saturated rings. The molecular formula is C18H29N3. The smallest absolute Gasteiger partial charge is 0.0525 e. The van der Waals surface area contributed by atoms with Gasteiger partial charge in [-0.05, 0) is 69.4 Å². The van der Waals surface area contributed by atoms with Crippen molar-refractivity contribution in [1.29, 1.82) is 0 Å². The average molecular weight is 287 g/mol. The first-order chi connectivity index (χ1) is 10.3. The third kappa shape index (κ3) is 2.74. The van der Waals surface area contributed by atoms with E-state index in [1.165, 1.54) is 62.7 Å². The molecule has 1 aliphatic carbocycles. The Morgan fingerprint density at radius 3 is 2.57 bits per heavy atom. The fraction of sp³-hybridized carbons (Fsp3) is 0.722. The minimum Gasteiger partial charge on any atom is -0.309 e. The Hall–Kier alpha value is -0.930. The van der Waals surface area contributed by atoms with Crippen molar-refractivity contribution in [3.05, 3.63) is 29.6 Å². The van der Waals surface area contributed by atoms with E-state index in [9.17, 15) is 0 Å². The van der Waals surface area contributed by atoms with Gasteiger partial charge in [-0.15, -0.1) is 0 Å². The third-order valence-corrected chi connectivity index (χ3v) is 5.54. The van der Waals surface area contributed by atoms with Crippen molar-refractivity contribution in [3.63, 3.8) is 0 Å². The summed E-state index contributed by atoms with van der Waals surface area (Å²) in [5, 5.41) is 3.82. The van der Waals surface area contributed by atoms with Crippen molar-refractivity contribution < 1.29 is 0 Å².